The van der Waals surface area contributed by atoms with Gasteiger partial charge in [0.05, 0.1) is 0 Å². The van der Waals surface area contributed by atoms with Crippen molar-refractivity contribution in [2.75, 3.05) is 6.54 Å². The Morgan fingerprint density at radius 2 is 2.00 bits per heavy atom. The Bertz CT molecular complexity index is 216. The Balaban J connectivity index is 2.90. The molecule has 1 heterocycles. The molecule has 0 aliphatic carbocycles. The fraction of sp³-hybridized carbons (Fsp3) is 0.857. The van der Waals surface area contributed by atoms with Crippen LogP contribution in [0.2, 0.25) is 0 Å². The van der Waals surface area contributed by atoms with E-state index in [0.29, 0.717) is 6.42 Å². The summed E-state index contributed by atoms with van der Waals surface area (Å²) < 4.78 is 36.7. The monoisotopic (exact) mass is 197 g/mol. The average Bonchev–Trinajstić information content (AvgIpc) is 2.14. The van der Waals surface area contributed by atoms with Crippen LogP contribution in [0.15, 0.2) is 0 Å². The molecule has 1 atom stereocenters. The van der Waals surface area contributed by atoms with E-state index in [9.17, 15) is 18.0 Å². The average molecular weight is 197 g/mol. The number of alkyl halides is 3. The van der Waals surface area contributed by atoms with Crippen molar-refractivity contribution in [1.29, 1.82) is 0 Å². The van der Waals surface area contributed by atoms with Crippen LogP contribution >= 0.6 is 0 Å². The van der Waals surface area contributed by atoms with Crippen molar-refractivity contribution in [3.8, 4) is 0 Å². The lowest BCUT2D eigenvalue weighted by molar-refractivity contribution is -0.252. The topological polar surface area (TPSA) is 49.3 Å². The highest BCUT2D eigenvalue weighted by Crippen LogP contribution is 2.35. The largest absolute Gasteiger partial charge is 0.426 e. The van der Waals surface area contributed by atoms with Gasteiger partial charge in [0.2, 0.25) is 5.60 Å². The van der Waals surface area contributed by atoms with Crippen molar-refractivity contribution in [2.24, 2.45) is 0 Å². The molecule has 1 amide bonds. The number of hydrogen-bond acceptors (Lipinski definition) is 2. The van der Waals surface area contributed by atoms with Crippen molar-refractivity contribution in [3.63, 3.8) is 0 Å². The molecule has 1 rings (SSSR count). The third-order valence-corrected chi connectivity index (χ3v) is 2.10. The number of carbonyl (C=O) groups excluding carboxylic acids is 1. The molecule has 6 heteroatoms. The molecule has 76 valence electrons. The van der Waals surface area contributed by atoms with Gasteiger partial charge in [0.15, 0.2) is 0 Å². The summed E-state index contributed by atoms with van der Waals surface area (Å²) in [5, 5.41) is 11.2. The van der Waals surface area contributed by atoms with Gasteiger partial charge in [-0.3, -0.25) is 4.79 Å². The standard InChI is InChI=1S/C7H10F3NO2/c8-7(9,10)6(13)3-1-2-4-11-5(6)12/h13H,1-4H2,(H,11,12). The molecule has 0 radical (unpaired) electrons. The second-order valence-corrected chi connectivity index (χ2v) is 3.07. The van der Waals surface area contributed by atoms with Crippen molar-refractivity contribution in [3.05, 3.63) is 0 Å². The minimum atomic E-state index is -4.89. The van der Waals surface area contributed by atoms with Gasteiger partial charge in [-0.15, -0.1) is 0 Å². The maximum Gasteiger partial charge on any atom is 0.426 e. The maximum absolute atomic E-state index is 12.2. The number of halogens is 3. The smallest absolute Gasteiger partial charge is 0.373 e. The van der Waals surface area contributed by atoms with Crippen LogP contribution < -0.4 is 5.32 Å². The second kappa shape index (κ2) is 3.17. The Labute approximate surface area is 72.9 Å². The number of hydrogen-bond donors (Lipinski definition) is 2. The zero-order valence-electron chi connectivity index (χ0n) is 6.82. The molecule has 0 spiro atoms. The first-order valence-corrected chi connectivity index (χ1v) is 3.95. The van der Waals surface area contributed by atoms with E-state index in [-0.39, 0.29) is 13.0 Å². The molecule has 0 saturated carbocycles. The minimum Gasteiger partial charge on any atom is -0.373 e. The van der Waals surface area contributed by atoms with E-state index in [1.807, 2.05) is 5.32 Å². The van der Waals surface area contributed by atoms with Crippen molar-refractivity contribution in [1.82, 2.24) is 5.32 Å². The molecule has 0 aromatic heterocycles. The van der Waals surface area contributed by atoms with Gasteiger partial charge in [-0.05, 0) is 19.3 Å². The quantitative estimate of drug-likeness (QED) is 0.596. The van der Waals surface area contributed by atoms with Gasteiger partial charge < -0.3 is 10.4 Å². The third-order valence-electron chi connectivity index (χ3n) is 2.10. The molecule has 1 fully saturated rings. The summed E-state index contributed by atoms with van der Waals surface area (Å²) in [5.74, 6) is -1.34. The molecule has 1 aliphatic rings. The fourth-order valence-electron chi connectivity index (χ4n) is 1.24. The zero-order valence-corrected chi connectivity index (χ0v) is 6.82. The highest BCUT2D eigenvalue weighted by Gasteiger charge is 2.59. The van der Waals surface area contributed by atoms with Crippen LogP contribution in [-0.4, -0.2) is 29.3 Å². The Morgan fingerprint density at radius 3 is 2.54 bits per heavy atom. The molecule has 0 aromatic carbocycles. The summed E-state index contributed by atoms with van der Waals surface area (Å²) in [5.41, 5.74) is -3.19. The first-order valence-electron chi connectivity index (χ1n) is 3.95. The lowest BCUT2D eigenvalue weighted by Crippen LogP contribution is -2.55. The van der Waals surface area contributed by atoms with E-state index in [2.05, 4.69) is 0 Å². The molecule has 2 N–H and O–H groups in total. The van der Waals surface area contributed by atoms with E-state index in [0.717, 1.165) is 0 Å². The number of aliphatic hydroxyl groups is 1. The highest BCUT2D eigenvalue weighted by atomic mass is 19.4. The molecule has 0 bridgehead atoms. The van der Waals surface area contributed by atoms with Gasteiger partial charge in [0, 0.05) is 6.54 Å². The summed E-state index contributed by atoms with van der Waals surface area (Å²) in [4.78, 5) is 10.9. The van der Waals surface area contributed by atoms with Crippen LogP contribution in [0.1, 0.15) is 19.3 Å². The minimum absolute atomic E-state index is 0.189. The van der Waals surface area contributed by atoms with Crippen LogP contribution in [-0.2, 0) is 4.79 Å². The molecule has 1 saturated heterocycles. The van der Waals surface area contributed by atoms with E-state index >= 15 is 0 Å². The number of carbonyl (C=O) groups is 1. The van der Waals surface area contributed by atoms with Gasteiger partial charge >= 0.3 is 6.18 Å². The van der Waals surface area contributed by atoms with Crippen LogP contribution in [0.3, 0.4) is 0 Å². The van der Waals surface area contributed by atoms with Gasteiger partial charge in [-0.25, -0.2) is 0 Å². The normalized spacial score (nSPS) is 30.9. The van der Waals surface area contributed by atoms with Crippen LogP contribution in [0.5, 0.6) is 0 Å². The van der Waals surface area contributed by atoms with Crippen molar-refractivity contribution >= 4 is 5.91 Å². The summed E-state index contributed by atoms with van der Waals surface area (Å²) in [7, 11) is 0. The molecule has 3 nitrogen and oxygen atoms in total. The van der Waals surface area contributed by atoms with Crippen LogP contribution in [0, 0.1) is 0 Å². The molecule has 1 aliphatic heterocycles. The predicted molar refractivity (Wildman–Crippen MR) is 37.9 cm³/mol. The zero-order chi connectivity index (χ0) is 10.1. The summed E-state index contributed by atoms with van der Waals surface area (Å²) in [6.45, 7) is 0.192. The highest BCUT2D eigenvalue weighted by molar-refractivity contribution is 5.86. The maximum atomic E-state index is 12.2. The summed E-state index contributed by atoms with van der Waals surface area (Å²) in [6.07, 6.45) is -4.79. The van der Waals surface area contributed by atoms with Gasteiger partial charge in [-0.2, -0.15) is 13.2 Å². The van der Waals surface area contributed by atoms with Crippen molar-refractivity contribution < 1.29 is 23.1 Å². The number of nitrogens with one attached hydrogen (secondary N) is 1. The predicted octanol–water partition coefficient (Wildman–Crippen LogP) is 0.580. The van der Waals surface area contributed by atoms with E-state index in [1.54, 1.807) is 0 Å². The Kier molecular flexibility index (Phi) is 2.51. The molecule has 0 aromatic rings. The summed E-state index contributed by atoms with van der Waals surface area (Å²) in [6, 6.07) is 0. The van der Waals surface area contributed by atoms with E-state index in [1.165, 1.54) is 0 Å². The number of amides is 1. The molecule has 13 heavy (non-hydrogen) atoms. The van der Waals surface area contributed by atoms with Crippen LogP contribution in [0.4, 0.5) is 13.2 Å². The lowest BCUT2D eigenvalue weighted by atomic mass is 9.96. The van der Waals surface area contributed by atoms with Gasteiger partial charge in [0.25, 0.3) is 5.91 Å². The van der Waals surface area contributed by atoms with Gasteiger partial charge in [0.1, 0.15) is 0 Å². The van der Waals surface area contributed by atoms with Crippen LogP contribution in [0.25, 0.3) is 0 Å². The fourth-order valence-corrected chi connectivity index (χ4v) is 1.24. The van der Waals surface area contributed by atoms with E-state index in [4.69, 9.17) is 5.11 Å². The molecular weight excluding hydrogens is 187 g/mol. The Morgan fingerprint density at radius 1 is 1.38 bits per heavy atom. The Hall–Kier alpha value is -0.780. The first-order chi connectivity index (χ1) is 5.88. The lowest BCUT2D eigenvalue weighted by Gasteiger charge is -2.26. The van der Waals surface area contributed by atoms with Gasteiger partial charge in [-0.1, -0.05) is 0 Å². The SMILES string of the molecule is O=C1NCCCCC1(O)C(F)(F)F. The molecular formula is C7H10F3NO2. The third kappa shape index (κ3) is 1.77. The number of rotatable bonds is 0. The van der Waals surface area contributed by atoms with E-state index < -0.39 is 24.1 Å². The molecule has 1 unspecified atom stereocenters. The van der Waals surface area contributed by atoms with Crippen molar-refractivity contribution in [2.45, 2.75) is 31.0 Å². The first kappa shape index (κ1) is 10.3. The summed E-state index contributed by atoms with van der Waals surface area (Å²) >= 11 is 0. The second-order valence-electron chi connectivity index (χ2n) is 3.07.